The summed E-state index contributed by atoms with van der Waals surface area (Å²) in [5.74, 6) is 0.972. The van der Waals surface area contributed by atoms with Gasteiger partial charge >= 0.3 is 0 Å². The van der Waals surface area contributed by atoms with Gasteiger partial charge in [0, 0.05) is 19.3 Å². The first-order valence-corrected chi connectivity index (χ1v) is 5.01. The lowest BCUT2D eigenvalue weighted by molar-refractivity contribution is 0.537. The van der Waals surface area contributed by atoms with Crippen LogP contribution in [0, 0.1) is 5.92 Å². The summed E-state index contributed by atoms with van der Waals surface area (Å²) in [6, 6.07) is 2.19. The molecular formula is C10H17N3. The lowest BCUT2D eigenvalue weighted by Gasteiger charge is -2.11. The number of aromatic nitrogens is 2. The predicted octanol–water partition coefficient (Wildman–Crippen LogP) is 1.61. The minimum atomic E-state index is 0.174. The van der Waals surface area contributed by atoms with Gasteiger partial charge in [-0.1, -0.05) is 12.8 Å². The molecule has 2 rings (SSSR count). The van der Waals surface area contributed by atoms with Crippen molar-refractivity contribution in [3.05, 3.63) is 18.0 Å². The van der Waals surface area contributed by atoms with E-state index in [4.69, 9.17) is 5.73 Å². The number of hydrogen-bond acceptors (Lipinski definition) is 2. The second-order valence-corrected chi connectivity index (χ2v) is 4.01. The number of nitrogens with two attached hydrogens (primary N) is 1. The summed E-state index contributed by atoms with van der Waals surface area (Å²) in [5, 5.41) is 4.12. The number of rotatable bonds is 4. The molecule has 0 spiro atoms. The fourth-order valence-corrected chi connectivity index (χ4v) is 1.72. The fraction of sp³-hybridized carbons (Fsp3) is 0.700. The zero-order valence-electron chi connectivity index (χ0n) is 8.11. The summed E-state index contributed by atoms with van der Waals surface area (Å²) in [6.45, 7) is 0. The molecule has 1 heterocycles. The molecule has 0 bridgehead atoms. The second kappa shape index (κ2) is 3.50. The Kier molecular flexibility index (Phi) is 2.36. The molecule has 0 aliphatic heterocycles. The molecule has 1 aliphatic rings. The maximum Gasteiger partial charge on any atom is 0.0548 e. The molecule has 1 unspecified atom stereocenters. The van der Waals surface area contributed by atoms with Gasteiger partial charge in [-0.25, -0.2) is 0 Å². The number of aryl methyl sites for hydroxylation is 1. The maximum absolute atomic E-state index is 6.06. The van der Waals surface area contributed by atoms with Gasteiger partial charge in [-0.2, -0.15) is 5.10 Å². The van der Waals surface area contributed by atoms with Gasteiger partial charge in [-0.15, -0.1) is 0 Å². The van der Waals surface area contributed by atoms with Crippen LogP contribution in [0.25, 0.3) is 0 Å². The highest BCUT2D eigenvalue weighted by Gasteiger charge is 2.22. The van der Waals surface area contributed by atoms with Crippen molar-refractivity contribution in [1.82, 2.24) is 9.78 Å². The van der Waals surface area contributed by atoms with Crippen LogP contribution in [-0.4, -0.2) is 9.78 Å². The van der Waals surface area contributed by atoms with E-state index in [1.807, 2.05) is 24.0 Å². The minimum Gasteiger partial charge on any atom is -0.323 e. The third kappa shape index (κ3) is 2.10. The third-order valence-corrected chi connectivity index (χ3v) is 2.82. The highest BCUT2D eigenvalue weighted by molar-refractivity contribution is 5.05. The molecule has 13 heavy (non-hydrogen) atoms. The zero-order valence-corrected chi connectivity index (χ0v) is 8.11. The summed E-state index contributed by atoms with van der Waals surface area (Å²) >= 11 is 0. The summed E-state index contributed by atoms with van der Waals surface area (Å²) in [7, 11) is 1.95. The van der Waals surface area contributed by atoms with Crippen molar-refractivity contribution in [3.8, 4) is 0 Å². The van der Waals surface area contributed by atoms with Crippen molar-refractivity contribution in [2.24, 2.45) is 18.7 Å². The predicted molar refractivity (Wildman–Crippen MR) is 52.1 cm³/mol. The molecule has 1 saturated carbocycles. The molecule has 0 saturated heterocycles. The van der Waals surface area contributed by atoms with Crippen LogP contribution in [0.2, 0.25) is 0 Å². The largest absolute Gasteiger partial charge is 0.323 e. The van der Waals surface area contributed by atoms with E-state index >= 15 is 0 Å². The molecule has 3 nitrogen and oxygen atoms in total. The number of nitrogens with zero attached hydrogens (tertiary/aromatic N) is 2. The van der Waals surface area contributed by atoms with E-state index in [9.17, 15) is 0 Å². The Balaban J connectivity index is 1.88. The fourth-order valence-electron chi connectivity index (χ4n) is 1.72. The molecule has 3 heteroatoms. The Bertz CT molecular complexity index is 275. The summed E-state index contributed by atoms with van der Waals surface area (Å²) in [6.07, 6.45) is 7.03. The monoisotopic (exact) mass is 179 g/mol. The highest BCUT2D eigenvalue weighted by atomic mass is 15.3. The van der Waals surface area contributed by atoms with E-state index in [-0.39, 0.29) is 6.04 Å². The van der Waals surface area contributed by atoms with Crippen LogP contribution in [0.5, 0.6) is 0 Å². The van der Waals surface area contributed by atoms with Crippen LogP contribution in [0.4, 0.5) is 0 Å². The summed E-state index contributed by atoms with van der Waals surface area (Å²) in [5.41, 5.74) is 7.21. The van der Waals surface area contributed by atoms with Gasteiger partial charge in [0.15, 0.2) is 0 Å². The van der Waals surface area contributed by atoms with Crippen molar-refractivity contribution in [2.45, 2.75) is 31.7 Å². The van der Waals surface area contributed by atoms with E-state index in [2.05, 4.69) is 5.10 Å². The van der Waals surface area contributed by atoms with Gasteiger partial charge in [0.25, 0.3) is 0 Å². The first-order valence-electron chi connectivity index (χ1n) is 5.01. The molecule has 0 aromatic carbocycles. The molecule has 1 atom stereocenters. The van der Waals surface area contributed by atoms with Crippen molar-refractivity contribution in [3.63, 3.8) is 0 Å². The van der Waals surface area contributed by atoms with E-state index in [1.54, 1.807) is 0 Å². The average molecular weight is 179 g/mol. The van der Waals surface area contributed by atoms with Crippen molar-refractivity contribution >= 4 is 0 Å². The van der Waals surface area contributed by atoms with Crippen LogP contribution in [0.15, 0.2) is 12.3 Å². The normalized spacial score (nSPS) is 18.9. The molecular weight excluding hydrogens is 162 g/mol. The van der Waals surface area contributed by atoms with Gasteiger partial charge in [0.05, 0.1) is 5.69 Å². The van der Waals surface area contributed by atoms with Crippen LogP contribution in [0.1, 0.15) is 37.4 Å². The first-order chi connectivity index (χ1) is 6.27. The quantitative estimate of drug-likeness (QED) is 0.763. The Morgan fingerprint density at radius 2 is 2.46 bits per heavy atom. The average Bonchev–Trinajstić information content (AvgIpc) is 2.84. The van der Waals surface area contributed by atoms with Crippen molar-refractivity contribution in [1.29, 1.82) is 0 Å². The molecule has 72 valence electrons. The lowest BCUT2D eigenvalue weighted by atomic mass is 10.1. The topological polar surface area (TPSA) is 43.8 Å². The van der Waals surface area contributed by atoms with E-state index in [0.717, 1.165) is 18.0 Å². The summed E-state index contributed by atoms with van der Waals surface area (Å²) < 4.78 is 1.87. The van der Waals surface area contributed by atoms with E-state index in [1.165, 1.54) is 19.3 Å². The van der Waals surface area contributed by atoms with Crippen LogP contribution in [-0.2, 0) is 7.05 Å². The molecule has 2 N–H and O–H groups in total. The number of hydrogen-bond donors (Lipinski definition) is 1. The first kappa shape index (κ1) is 8.75. The van der Waals surface area contributed by atoms with Gasteiger partial charge in [-0.3, -0.25) is 4.68 Å². The smallest absolute Gasteiger partial charge is 0.0548 e. The Hall–Kier alpha value is -0.830. The molecule has 0 amide bonds. The molecule has 0 radical (unpaired) electrons. The van der Waals surface area contributed by atoms with Crippen LogP contribution in [0.3, 0.4) is 0 Å². The van der Waals surface area contributed by atoms with Gasteiger partial charge in [0.2, 0.25) is 0 Å². The Labute approximate surface area is 78.9 Å². The SMILES string of the molecule is Cn1nccc1C(N)CCC1CC1. The minimum absolute atomic E-state index is 0.174. The van der Waals surface area contributed by atoms with Crippen molar-refractivity contribution in [2.75, 3.05) is 0 Å². The lowest BCUT2D eigenvalue weighted by Crippen LogP contribution is -2.14. The zero-order chi connectivity index (χ0) is 9.26. The Morgan fingerprint density at radius 1 is 1.69 bits per heavy atom. The molecule has 1 fully saturated rings. The molecule has 1 aromatic rings. The van der Waals surface area contributed by atoms with Gasteiger partial charge < -0.3 is 5.73 Å². The van der Waals surface area contributed by atoms with Gasteiger partial charge in [-0.05, 0) is 24.8 Å². The van der Waals surface area contributed by atoms with E-state index in [0.29, 0.717) is 0 Å². The molecule has 1 aromatic heterocycles. The standard InChI is InChI=1S/C10H17N3/c1-13-10(6-7-12-13)9(11)5-4-8-2-3-8/h6-9H,2-5,11H2,1H3. The second-order valence-electron chi connectivity index (χ2n) is 4.01. The van der Waals surface area contributed by atoms with Crippen LogP contribution >= 0.6 is 0 Å². The van der Waals surface area contributed by atoms with E-state index < -0.39 is 0 Å². The van der Waals surface area contributed by atoms with Crippen molar-refractivity contribution < 1.29 is 0 Å². The van der Waals surface area contributed by atoms with Crippen LogP contribution < -0.4 is 5.73 Å². The summed E-state index contributed by atoms with van der Waals surface area (Å²) in [4.78, 5) is 0. The Morgan fingerprint density at radius 3 is 3.00 bits per heavy atom. The maximum atomic E-state index is 6.06. The van der Waals surface area contributed by atoms with Gasteiger partial charge in [0.1, 0.15) is 0 Å². The highest BCUT2D eigenvalue weighted by Crippen LogP contribution is 2.35. The molecule has 1 aliphatic carbocycles. The third-order valence-electron chi connectivity index (χ3n) is 2.82.